The highest BCUT2D eigenvalue weighted by Gasteiger charge is 2.32. The third-order valence-corrected chi connectivity index (χ3v) is 6.97. The molecule has 0 saturated heterocycles. The first kappa shape index (κ1) is 24.9. The van der Waals surface area contributed by atoms with Crippen molar-refractivity contribution in [2.24, 2.45) is 5.92 Å². The van der Waals surface area contributed by atoms with E-state index in [2.05, 4.69) is 24.0 Å². The number of hydrogen-bond donors (Lipinski definition) is 1. The predicted molar refractivity (Wildman–Crippen MR) is 127 cm³/mol. The molecule has 186 valence electrons. The molecule has 1 amide bonds. The molecule has 0 bridgehead atoms. The summed E-state index contributed by atoms with van der Waals surface area (Å²) in [4.78, 5) is 15.7. The Kier molecular flexibility index (Phi) is 7.25. The maximum Gasteiger partial charge on any atom is 0.416 e. The number of rotatable bonds is 8. The Labute approximate surface area is 203 Å². The summed E-state index contributed by atoms with van der Waals surface area (Å²) in [6.45, 7) is 3.68. The Balaban J connectivity index is 1.70. The number of carboxylic acid groups (broad SMARTS) is 1. The molecule has 2 aromatic carbocycles. The van der Waals surface area contributed by atoms with Crippen LogP contribution in [-0.4, -0.2) is 29.2 Å². The number of anilines is 1. The van der Waals surface area contributed by atoms with E-state index in [0.717, 1.165) is 67.1 Å². The van der Waals surface area contributed by atoms with Crippen molar-refractivity contribution in [2.45, 2.75) is 64.7 Å². The molecule has 0 unspecified atom stereocenters. The van der Waals surface area contributed by atoms with Crippen molar-refractivity contribution in [3.63, 3.8) is 0 Å². The van der Waals surface area contributed by atoms with E-state index in [9.17, 15) is 28.3 Å². The molecular formula is C27H30F3N3O2. The number of nitrogens with zero attached hydrogens (tertiary/aromatic N) is 3. The molecule has 0 aliphatic heterocycles. The van der Waals surface area contributed by atoms with Crippen LogP contribution in [0.1, 0.15) is 66.0 Å². The van der Waals surface area contributed by atoms with Gasteiger partial charge in [-0.05, 0) is 97.9 Å². The third kappa shape index (κ3) is 5.90. The molecule has 0 aromatic heterocycles. The second kappa shape index (κ2) is 10.2. The molecule has 1 fully saturated rings. The molecule has 5 nitrogen and oxygen atoms in total. The molecule has 0 spiro atoms. The molecule has 2 aromatic rings. The van der Waals surface area contributed by atoms with E-state index in [-0.39, 0.29) is 24.2 Å². The molecule has 35 heavy (non-hydrogen) atoms. The number of fused-ring (bicyclic) bond motifs is 1. The van der Waals surface area contributed by atoms with Gasteiger partial charge in [-0.2, -0.15) is 18.4 Å². The van der Waals surface area contributed by atoms with Crippen LogP contribution in [0.25, 0.3) is 0 Å². The lowest BCUT2D eigenvalue weighted by molar-refractivity contribution is -0.137. The van der Waals surface area contributed by atoms with Gasteiger partial charge >= 0.3 is 12.3 Å². The van der Waals surface area contributed by atoms with Crippen molar-refractivity contribution in [3.05, 3.63) is 63.7 Å². The van der Waals surface area contributed by atoms with Crippen LogP contribution in [0.4, 0.5) is 23.7 Å². The van der Waals surface area contributed by atoms with Crippen molar-refractivity contribution in [1.29, 1.82) is 5.26 Å². The highest BCUT2D eigenvalue weighted by Crippen LogP contribution is 2.37. The first-order valence-electron chi connectivity index (χ1n) is 12.2. The smallest absolute Gasteiger partial charge is 0.416 e. The zero-order valence-corrected chi connectivity index (χ0v) is 19.9. The molecule has 0 radical (unpaired) electrons. The van der Waals surface area contributed by atoms with E-state index in [0.29, 0.717) is 5.92 Å². The van der Waals surface area contributed by atoms with Crippen LogP contribution in [0.3, 0.4) is 0 Å². The third-order valence-electron chi connectivity index (χ3n) is 6.97. The van der Waals surface area contributed by atoms with E-state index in [1.54, 1.807) is 6.07 Å². The summed E-state index contributed by atoms with van der Waals surface area (Å²) in [5.41, 5.74) is 3.45. The summed E-state index contributed by atoms with van der Waals surface area (Å²) in [5.74, 6) is 0.656. The van der Waals surface area contributed by atoms with Gasteiger partial charge in [-0.25, -0.2) is 4.79 Å². The quantitative estimate of drug-likeness (QED) is 0.472. The lowest BCUT2D eigenvalue weighted by Gasteiger charge is -2.32. The minimum atomic E-state index is -4.62. The number of amides is 1. The van der Waals surface area contributed by atoms with Gasteiger partial charge in [-0.1, -0.05) is 6.07 Å². The van der Waals surface area contributed by atoms with Crippen LogP contribution in [0.15, 0.2) is 30.3 Å². The van der Waals surface area contributed by atoms with Crippen molar-refractivity contribution < 1.29 is 23.1 Å². The van der Waals surface area contributed by atoms with Gasteiger partial charge in [0.15, 0.2) is 0 Å². The number of hydrogen-bond acceptors (Lipinski definition) is 3. The number of nitriles is 1. The Hall–Kier alpha value is -3.21. The monoisotopic (exact) mass is 485 g/mol. The van der Waals surface area contributed by atoms with Crippen molar-refractivity contribution >= 4 is 11.8 Å². The number of aryl methyl sites for hydroxylation is 1. The summed E-state index contributed by atoms with van der Waals surface area (Å²) in [6.07, 6.45) is 0.527. The van der Waals surface area contributed by atoms with Gasteiger partial charge in [-0.3, -0.25) is 4.90 Å². The highest BCUT2D eigenvalue weighted by atomic mass is 19.4. The van der Waals surface area contributed by atoms with E-state index in [1.165, 1.54) is 30.0 Å². The van der Waals surface area contributed by atoms with Gasteiger partial charge in [0.25, 0.3) is 0 Å². The number of carbonyl (C=O) groups is 1. The summed E-state index contributed by atoms with van der Waals surface area (Å²) in [5, 5.41) is 19.2. The van der Waals surface area contributed by atoms with Gasteiger partial charge in [0.2, 0.25) is 0 Å². The number of benzene rings is 2. The van der Waals surface area contributed by atoms with Crippen LogP contribution in [-0.2, 0) is 32.1 Å². The SMILES string of the molecule is CCN(CC1CC1)c1ccc2c(c1CN(Cc1cc(C#N)cc(C(F)(F)F)c1)C(=O)O)CCCC2. The van der Waals surface area contributed by atoms with Crippen LogP contribution in [0.2, 0.25) is 0 Å². The Morgan fingerprint density at radius 2 is 1.89 bits per heavy atom. The van der Waals surface area contributed by atoms with Crippen LogP contribution in [0.5, 0.6) is 0 Å². The highest BCUT2D eigenvalue weighted by molar-refractivity contribution is 5.67. The molecule has 8 heteroatoms. The lowest BCUT2D eigenvalue weighted by Crippen LogP contribution is -2.32. The molecule has 1 N–H and O–H groups in total. The standard InChI is InChI=1S/C27H30F3N3O2/c1-2-32(15-18-7-8-18)25-10-9-21-5-3-4-6-23(21)24(25)17-33(26(34)35)16-20-11-19(14-31)12-22(13-20)27(28,29)30/h9-13,18H,2-8,15-17H2,1H3,(H,34,35). The second-order valence-electron chi connectivity index (χ2n) is 9.56. The molecule has 2 aliphatic rings. The van der Waals surface area contributed by atoms with Crippen LogP contribution in [0, 0.1) is 17.2 Å². The Bertz CT molecular complexity index is 1140. The minimum absolute atomic E-state index is 0.0904. The number of halogens is 3. The average molecular weight is 486 g/mol. The Morgan fingerprint density at radius 1 is 1.14 bits per heavy atom. The minimum Gasteiger partial charge on any atom is -0.465 e. The largest absolute Gasteiger partial charge is 0.465 e. The van der Waals surface area contributed by atoms with Gasteiger partial charge in [0, 0.05) is 25.3 Å². The zero-order chi connectivity index (χ0) is 25.2. The molecule has 0 heterocycles. The van der Waals surface area contributed by atoms with E-state index in [1.807, 2.05) is 0 Å². The molecular weight excluding hydrogens is 455 g/mol. The fourth-order valence-corrected chi connectivity index (χ4v) is 4.99. The van der Waals surface area contributed by atoms with E-state index in [4.69, 9.17) is 0 Å². The zero-order valence-electron chi connectivity index (χ0n) is 19.9. The summed E-state index contributed by atoms with van der Waals surface area (Å²) < 4.78 is 40.1. The van der Waals surface area contributed by atoms with E-state index < -0.39 is 17.8 Å². The van der Waals surface area contributed by atoms with Crippen molar-refractivity contribution in [3.8, 4) is 6.07 Å². The van der Waals surface area contributed by atoms with Crippen molar-refractivity contribution in [1.82, 2.24) is 4.90 Å². The first-order valence-corrected chi connectivity index (χ1v) is 12.2. The molecule has 2 aliphatic carbocycles. The van der Waals surface area contributed by atoms with Gasteiger partial charge in [0.05, 0.1) is 23.7 Å². The fraction of sp³-hybridized carbons (Fsp3) is 0.481. The van der Waals surface area contributed by atoms with E-state index >= 15 is 0 Å². The van der Waals surface area contributed by atoms with Gasteiger partial charge in [0.1, 0.15) is 0 Å². The molecule has 1 saturated carbocycles. The second-order valence-corrected chi connectivity index (χ2v) is 9.56. The van der Waals surface area contributed by atoms with Crippen LogP contribution < -0.4 is 4.90 Å². The number of alkyl halides is 3. The summed E-state index contributed by atoms with van der Waals surface area (Å²) >= 11 is 0. The maximum atomic E-state index is 13.4. The molecule has 4 rings (SSSR count). The summed E-state index contributed by atoms with van der Waals surface area (Å²) in [6, 6.07) is 9.05. The van der Waals surface area contributed by atoms with Crippen LogP contribution >= 0.6 is 0 Å². The average Bonchev–Trinajstić information content (AvgIpc) is 3.65. The van der Waals surface area contributed by atoms with Gasteiger partial charge in [-0.15, -0.1) is 0 Å². The topological polar surface area (TPSA) is 67.6 Å². The fourth-order valence-electron chi connectivity index (χ4n) is 4.99. The van der Waals surface area contributed by atoms with Gasteiger partial charge < -0.3 is 10.0 Å². The summed E-state index contributed by atoms with van der Waals surface area (Å²) in [7, 11) is 0. The maximum absolute atomic E-state index is 13.4. The predicted octanol–water partition coefficient (Wildman–Crippen LogP) is 6.37. The first-order chi connectivity index (χ1) is 16.7. The molecule has 0 atom stereocenters. The lowest BCUT2D eigenvalue weighted by atomic mass is 9.86. The normalized spacial score (nSPS) is 15.3. The van der Waals surface area contributed by atoms with Crippen molar-refractivity contribution in [2.75, 3.05) is 18.0 Å². The Morgan fingerprint density at radius 3 is 2.51 bits per heavy atom.